The normalized spacial score (nSPS) is 11.3. The third kappa shape index (κ3) is 5.44. The summed E-state index contributed by atoms with van der Waals surface area (Å²) >= 11 is 0. The average Bonchev–Trinajstić information content (AvgIpc) is 2.76. The Morgan fingerprint density at radius 2 is 1.09 bits per heavy atom. The number of rotatable bonds is 5. The van der Waals surface area contributed by atoms with E-state index in [-0.39, 0.29) is 16.6 Å². The molecular weight excluding hydrogens is 394 g/mol. The minimum Gasteiger partial charge on any atom is -0.505 e. The van der Waals surface area contributed by atoms with Crippen molar-refractivity contribution in [2.75, 3.05) is 5.73 Å². The monoisotopic (exact) mass is 429 g/mol. The van der Waals surface area contributed by atoms with Crippen LogP contribution in [0.3, 0.4) is 0 Å². The molecule has 4 nitrogen and oxygen atoms in total. The Kier molecular flexibility index (Phi) is 7.63. The Balaban J connectivity index is 0.000000534. The lowest BCUT2D eigenvalue weighted by Gasteiger charge is -2.32. The molecule has 0 unspecified atom stereocenters. The molecule has 0 spiro atoms. The quantitative estimate of drug-likeness (QED) is 0.206. The maximum Gasteiger partial charge on any atom is 0.142 e. The van der Waals surface area contributed by atoms with Crippen LogP contribution in [0.5, 0.6) is 5.75 Å². The largest absolute Gasteiger partial charge is 0.505 e. The van der Waals surface area contributed by atoms with E-state index in [1.54, 1.807) is 13.8 Å². The van der Waals surface area contributed by atoms with Crippen LogP contribution < -0.4 is 5.73 Å². The molecular formula is C28H35N3O. The molecule has 3 aromatic rings. The number of nitrogens with one attached hydrogen (secondary N) is 2. The van der Waals surface area contributed by atoms with E-state index in [9.17, 15) is 5.11 Å². The van der Waals surface area contributed by atoms with E-state index in [1.807, 2.05) is 30.3 Å². The smallest absolute Gasteiger partial charge is 0.142 e. The van der Waals surface area contributed by atoms with Crippen molar-refractivity contribution >= 4 is 17.1 Å². The van der Waals surface area contributed by atoms with Crippen LogP contribution in [0.25, 0.3) is 0 Å². The molecule has 0 bridgehead atoms. The van der Waals surface area contributed by atoms with Gasteiger partial charge in [0.25, 0.3) is 0 Å². The Morgan fingerprint density at radius 3 is 1.50 bits per heavy atom. The highest BCUT2D eigenvalue weighted by Crippen LogP contribution is 2.43. The van der Waals surface area contributed by atoms with Gasteiger partial charge in [0.15, 0.2) is 0 Å². The van der Waals surface area contributed by atoms with Crippen molar-refractivity contribution < 1.29 is 5.11 Å². The molecule has 168 valence electrons. The first-order chi connectivity index (χ1) is 14.9. The van der Waals surface area contributed by atoms with E-state index in [0.717, 1.165) is 16.7 Å². The van der Waals surface area contributed by atoms with Crippen LogP contribution in [0.4, 0.5) is 5.69 Å². The first-order valence-corrected chi connectivity index (χ1v) is 10.7. The molecule has 0 atom stereocenters. The van der Waals surface area contributed by atoms with Crippen LogP contribution >= 0.6 is 0 Å². The van der Waals surface area contributed by atoms with Gasteiger partial charge in [0.1, 0.15) is 5.75 Å². The average molecular weight is 430 g/mol. The van der Waals surface area contributed by atoms with E-state index in [0.29, 0.717) is 17.1 Å². The summed E-state index contributed by atoms with van der Waals surface area (Å²) in [6.07, 6.45) is 0. The van der Waals surface area contributed by atoms with Gasteiger partial charge in [-0.15, -0.1) is 0 Å². The van der Waals surface area contributed by atoms with Crippen molar-refractivity contribution in [3.8, 4) is 5.75 Å². The summed E-state index contributed by atoms with van der Waals surface area (Å²) in [6.45, 7) is 11.8. The molecule has 0 aliphatic rings. The van der Waals surface area contributed by atoms with E-state index in [4.69, 9.17) is 16.6 Å². The SMILES string of the molecule is CC(=N)C(C)=N.CC(C)(c1ccccc1)c1cc(N)c(O)c(C(C)(C)c2ccccc2)c1. The van der Waals surface area contributed by atoms with Crippen molar-refractivity contribution in [3.63, 3.8) is 0 Å². The zero-order valence-corrected chi connectivity index (χ0v) is 20.0. The fourth-order valence-corrected chi connectivity index (χ4v) is 3.53. The summed E-state index contributed by atoms with van der Waals surface area (Å²) in [5.74, 6) is 0.173. The Labute approximate surface area is 192 Å². The summed E-state index contributed by atoms with van der Waals surface area (Å²) in [7, 11) is 0. The number of aromatic hydroxyl groups is 1. The van der Waals surface area contributed by atoms with Crippen LogP contribution in [0.15, 0.2) is 72.8 Å². The van der Waals surface area contributed by atoms with Gasteiger partial charge in [0.05, 0.1) is 5.69 Å². The number of phenolic OH excluding ortho intramolecular Hbond substituents is 1. The number of nitrogen functional groups attached to an aromatic ring is 1. The zero-order chi connectivity index (χ0) is 24.1. The molecule has 0 aliphatic carbocycles. The highest BCUT2D eigenvalue weighted by atomic mass is 16.3. The van der Waals surface area contributed by atoms with Crippen LogP contribution in [-0.4, -0.2) is 16.5 Å². The highest BCUT2D eigenvalue weighted by Gasteiger charge is 2.31. The molecule has 0 amide bonds. The number of hydrogen-bond donors (Lipinski definition) is 4. The van der Waals surface area contributed by atoms with E-state index in [1.165, 1.54) is 5.56 Å². The Bertz CT molecular complexity index is 1070. The van der Waals surface area contributed by atoms with Gasteiger partial charge in [-0.1, -0.05) is 94.4 Å². The molecule has 0 radical (unpaired) electrons. The number of benzene rings is 3. The van der Waals surface area contributed by atoms with Gasteiger partial charge in [0, 0.05) is 27.8 Å². The van der Waals surface area contributed by atoms with Crippen molar-refractivity contribution in [2.45, 2.75) is 52.4 Å². The van der Waals surface area contributed by atoms with Gasteiger partial charge in [-0.2, -0.15) is 0 Å². The fourth-order valence-electron chi connectivity index (χ4n) is 3.53. The van der Waals surface area contributed by atoms with Gasteiger partial charge >= 0.3 is 0 Å². The summed E-state index contributed by atoms with van der Waals surface area (Å²) in [4.78, 5) is 0. The summed E-state index contributed by atoms with van der Waals surface area (Å²) < 4.78 is 0. The predicted octanol–water partition coefficient (Wildman–Crippen LogP) is 6.69. The third-order valence-corrected chi connectivity index (χ3v) is 6.09. The first-order valence-electron chi connectivity index (χ1n) is 10.7. The topological polar surface area (TPSA) is 94.0 Å². The standard InChI is InChI=1S/C24H27NO.C4H8N2/c1-23(2,17-11-7-5-8-12-17)19-15-20(22(26)21(25)16-19)24(3,4)18-13-9-6-10-14-18;1-3(5)4(2)6/h5-16,26H,25H2,1-4H3;5-6H,1-2H3. The summed E-state index contributed by atoms with van der Waals surface area (Å²) in [5, 5.41) is 24.2. The van der Waals surface area contributed by atoms with Gasteiger partial charge in [-0.25, -0.2) is 0 Å². The summed E-state index contributed by atoms with van der Waals surface area (Å²) in [5.41, 5.74) is 11.1. The molecule has 0 heterocycles. The van der Waals surface area contributed by atoms with Crippen molar-refractivity contribution in [2.24, 2.45) is 0 Å². The molecule has 5 N–H and O–H groups in total. The predicted molar refractivity (Wildman–Crippen MR) is 136 cm³/mol. The van der Waals surface area contributed by atoms with Gasteiger partial charge in [-0.05, 0) is 36.6 Å². The minimum absolute atomic E-state index is 0.173. The van der Waals surface area contributed by atoms with Crippen molar-refractivity contribution in [3.05, 3.63) is 95.1 Å². The van der Waals surface area contributed by atoms with Gasteiger partial charge in [0.2, 0.25) is 0 Å². The van der Waals surface area contributed by atoms with Gasteiger partial charge < -0.3 is 21.7 Å². The number of anilines is 1. The Morgan fingerprint density at radius 1 is 0.688 bits per heavy atom. The molecule has 0 aromatic heterocycles. The molecule has 3 rings (SSSR count). The lowest BCUT2D eigenvalue weighted by Crippen LogP contribution is -2.23. The van der Waals surface area contributed by atoms with Crippen LogP contribution in [-0.2, 0) is 10.8 Å². The fraction of sp³-hybridized carbons (Fsp3) is 0.286. The Hall–Kier alpha value is -3.40. The third-order valence-electron chi connectivity index (χ3n) is 6.09. The number of phenols is 1. The second-order valence-corrected chi connectivity index (χ2v) is 9.19. The molecule has 3 aromatic carbocycles. The van der Waals surface area contributed by atoms with Gasteiger partial charge in [-0.3, -0.25) is 0 Å². The molecule has 0 fully saturated rings. The maximum atomic E-state index is 10.7. The maximum absolute atomic E-state index is 10.7. The molecule has 32 heavy (non-hydrogen) atoms. The van der Waals surface area contributed by atoms with Crippen molar-refractivity contribution in [1.29, 1.82) is 10.8 Å². The lowest BCUT2D eigenvalue weighted by atomic mass is 9.72. The highest BCUT2D eigenvalue weighted by molar-refractivity contribution is 6.37. The minimum atomic E-state index is -0.359. The van der Waals surface area contributed by atoms with Crippen molar-refractivity contribution in [1.82, 2.24) is 0 Å². The molecule has 0 saturated carbocycles. The molecule has 0 aliphatic heterocycles. The lowest BCUT2D eigenvalue weighted by molar-refractivity contribution is 0.454. The van der Waals surface area contributed by atoms with Crippen LogP contribution in [0, 0.1) is 10.8 Å². The van der Waals surface area contributed by atoms with E-state index >= 15 is 0 Å². The van der Waals surface area contributed by atoms with Crippen LogP contribution in [0.1, 0.15) is 63.8 Å². The summed E-state index contributed by atoms with van der Waals surface area (Å²) in [6, 6.07) is 24.6. The second kappa shape index (κ2) is 9.82. The number of hydrogen-bond acceptors (Lipinski definition) is 4. The molecule has 0 saturated heterocycles. The zero-order valence-electron chi connectivity index (χ0n) is 20.0. The molecule has 4 heteroatoms. The van der Waals surface area contributed by atoms with E-state index in [2.05, 4.69) is 70.2 Å². The second-order valence-electron chi connectivity index (χ2n) is 9.19. The van der Waals surface area contributed by atoms with Crippen LogP contribution in [0.2, 0.25) is 0 Å². The van der Waals surface area contributed by atoms with E-state index < -0.39 is 0 Å². The first kappa shape index (κ1) is 24.9. The number of nitrogens with two attached hydrogens (primary N) is 1.